The van der Waals surface area contributed by atoms with Gasteiger partial charge in [0.25, 0.3) is 5.69 Å². The van der Waals surface area contributed by atoms with Crippen LogP contribution in [0.2, 0.25) is 0 Å². The van der Waals surface area contributed by atoms with Crippen molar-refractivity contribution in [1.29, 1.82) is 0 Å². The van der Waals surface area contributed by atoms with Crippen molar-refractivity contribution in [2.45, 2.75) is 32.5 Å². The number of carbonyl (C=O) groups excluding carboxylic acids is 1. The van der Waals surface area contributed by atoms with E-state index in [1.807, 2.05) is 0 Å². The zero-order valence-corrected chi connectivity index (χ0v) is 24.6. The molecule has 0 fully saturated rings. The minimum Gasteiger partial charge on any atom is -0.342 e. The SMILES string of the molecule is CC(=O)N(C)Cc1ccc(-c2ccc(C(F)(F)F)cc2)cc1-n1c(CCc2cccc(F)c2F)cc(=O)c2ccc([N+](=O)[O-])cc21. The number of hydrogen-bond acceptors (Lipinski definition) is 4. The molecule has 7 nitrogen and oxygen atoms in total. The molecule has 1 aromatic heterocycles. The number of halogens is 5. The highest BCUT2D eigenvalue weighted by molar-refractivity contribution is 5.84. The lowest BCUT2D eigenvalue weighted by Gasteiger charge is -2.23. The average Bonchev–Trinajstić information content (AvgIpc) is 3.01. The van der Waals surface area contributed by atoms with Gasteiger partial charge in [-0.25, -0.2) is 8.78 Å². The minimum absolute atomic E-state index is 0.000734. The van der Waals surface area contributed by atoms with Gasteiger partial charge in [-0.15, -0.1) is 0 Å². The Morgan fingerprint density at radius 2 is 1.59 bits per heavy atom. The zero-order chi connectivity index (χ0) is 33.3. The number of carbonyl (C=O) groups is 1. The fourth-order valence-corrected chi connectivity index (χ4v) is 5.25. The number of hydrogen-bond donors (Lipinski definition) is 0. The lowest BCUT2D eigenvalue weighted by atomic mass is 9.99. The van der Waals surface area contributed by atoms with E-state index in [1.165, 1.54) is 60.4 Å². The highest BCUT2D eigenvalue weighted by atomic mass is 19.4. The van der Waals surface area contributed by atoms with Gasteiger partial charge >= 0.3 is 6.18 Å². The molecule has 0 radical (unpaired) electrons. The van der Waals surface area contributed by atoms with Gasteiger partial charge in [-0.1, -0.05) is 36.4 Å². The molecule has 1 heterocycles. The highest BCUT2D eigenvalue weighted by Crippen LogP contribution is 2.34. The topological polar surface area (TPSA) is 85.5 Å². The van der Waals surface area contributed by atoms with Gasteiger partial charge in [0.15, 0.2) is 17.1 Å². The van der Waals surface area contributed by atoms with Crippen LogP contribution in [0.15, 0.2) is 89.7 Å². The second kappa shape index (κ2) is 12.5. The van der Waals surface area contributed by atoms with Crippen molar-refractivity contribution in [1.82, 2.24) is 9.47 Å². The summed E-state index contributed by atoms with van der Waals surface area (Å²) in [6, 6.07) is 18.3. The Morgan fingerprint density at radius 3 is 2.24 bits per heavy atom. The van der Waals surface area contributed by atoms with Crippen LogP contribution in [0.1, 0.15) is 29.3 Å². The van der Waals surface area contributed by atoms with Crippen LogP contribution < -0.4 is 5.43 Å². The Kier molecular flexibility index (Phi) is 8.73. The van der Waals surface area contributed by atoms with Crippen molar-refractivity contribution in [3.63, 3.8) is 0 Å². The van der Waals surface area contributed by atoms with E-state index in [-0.39, 0.29) is 47.4 Å². The van der Waals surface area contributed by atoms with Crippen LogP contribution in [0.4, 0.5) is 27.6 Å². The number of amides is 1. The van der Waals surface area contributed by atoms with Crippen LogP contribution >= 0.6 is 0 Å². The Hall–Kier alpha value is -5.39. The van der Waals surface area contributed by atoms with Crippen molar-refractivity contribution < 1.29 is 31.7 Å². The van der Waals surface area contributed by atoms with Crippen molar-refractivity contribution in [2.75, 3.05) is 7.05 Å². The lowest BCUT2D eigenvalue weighted by molar-refractivity contribution is -0.384. The molecule has 4 aromatic carbocycles. The first-order chi connectivity index (χ1) is 21.7. The quantitative estimate of drug-likeness (QED) is 0.0998. The second-order valence-corrected chi connectivity index (χ2v) is 10.8. The van der Waals surface area contributed by atoms with E-state index in [2.05, 4.69) is 0 Å². The lowest BCUT2D eigenvalue weighted by Crippen LogP contribution is -2.24. The third kappa shape index (κ3) is 6.51. The summed E-state index contributed by atoms with van der Waals surface area (Å²) in [5.74, 6) is -2.34. The number of pyridine rings is 1. The number of alkyl halides is 3. The van der Waals surface area contributed by atoms with Crippen molar-refractivity contribution in [3.05, 3.63) is 139 Å². The molecular weight excluding hydrogens is 609 g/mol. The summed E-state index contributed by atoms with van der Waals surface area (Å²) in [5.41, 5.74) is 0.736. The first-order valence-corrected chi connectivity index (χ1v) is 14.0. The molecule has 0 aliphatic carbocycles. The molecule has 0 aliphatic heterocycles. The first kappa shape index (κ1) is 32.0. The van der Waals surface area contributed by atoms with E-state index >= 15 is 0 Å². The van der Waals surface area contributed by atoms with Crippen molar-refractivity contribution in [2.24, 2.45) is 0 Å². The summed E-state index contributed by atoms with van der Waals surface area (Å²) >= 11 is 0. The normalized spacial score (nSPS) is 11.5. The van der Waals surface area contributed by atoms with E-state index in [9.17, 15) is 41.7 Å². The summed E-state index contributed by atoms with van der Waals surface area (Å²) in [6.07, 6.45) is -4.57. The Morgan fingerprint density at radius 1 is 0.891 bits per heavy atom. The maximum Gasteiger partial charge on any atom is 0.416 e. The van der Waals surface area contributed by atoms with E-state index in [0.717, 1.165) is 18.2 Å². The predicted octanol–water partition coefficient (Wildman–Crippen LogP) is 7.63. The number of rotatable bonds is 8. The van der Waals surface area contributed by atoms with Crippen LogP contribution in [0.5, 0.6) is 0 Å². The number of non-ortho nitro benzene ring substituents is 1. The largest absolute Gasteiger partial charge is 0.416 e. The maximum atomic E-state index is 14.6. The molecule has 1 amide bonds. The minimum atomic E-state index is -4.54. The van der Waals surface area contributed by atoms with Gasteiger partial charge in [-0.2, -0.15) is 13.2 Å². The molecule has 0 saturated heterocycles. The van der Waals surface area contributed by atoms with Crippen LogP contribution in [-0.4, -0.2) is 27.3 Å². The fraction of sp³-hybridized carbons (Fsp3) is 0.176. The summed E-state index contributed by atoms with van der Waals surface area (Å²) in [7, 11) is 1.57. The molecule has 0 saturated carbocycles. The third-order valence-corrected chi connectivity index (χ3v) is 7.78. The zero-order valence-electron chi connectivity index (χ0n) is 24.6. The maximum absolute atomic E-state index is 14.6. The van der Waals surface area contributed by atoms with Crippen molar-refractivity contribution in [3.8, 4) is 16.8 Å². The number of benzene rings is 4. The molecule has 0 atom stereocenters. The molecule has 0 unspecified atom stereocenters. The van der Waals surface area contributed by atoms with Crippen LogP contribution in [0, 0.1) is 21.7 Å². The number of nitro benzene ring substituents is 1. The summed E-state index contributed by atoms with van der Waals surface area (Å²) in [6.45, 7) is 1.44. The number of aromatic nitrogens is 1. The van der Waals surface area contributed by atoms with Crippen LogP contribution in [-0.2, 0) is 30.4 Å². The molecule has 0 N–H and O–H groups in total. The summed E-state index contributed by atoms with van der Waals surface area (Å²) in [5, 5.41) is 11.9. The third-order valence-electron chi connectivity index (χ3n) is 7.78. The molecule has 0 spiro atoms. The second-order valence-electron chi connectivity index (χ2n) is 10.8. The molecule has 12 heteroatoms. The predicted molar refractivity (Wildman–Crippen MR) is 163 cm³/mol. The van der Waals surface area contributed by atoms with Crippen molar-refractivity contribution >= 4 is 22.5 Å². The van der Waals surface area contributed by atoms with Gasteiger partial charge in [0.1, 0.15) is 0 Å². The van der Waals surface area contributed by atoms with E-state index in [1.54, 1.807) is 29.8 Å². The molecule has 5 rings (SSSR count). The van der Waals surface area contributed by atoms with Crippen LogP contribution in [0.3, 0.4) is 0 Å². The number of nitro groups is 1. The standard InChI is InChI=1S/C34H26F5N3O4/c1-20(43)40(2)19-24-7-6-23(21-8-11-25(12-9-21)34(37,38)39)16-30(24)41-26(13-10-22-4-3-5-29(35)33(22)36)18-32(44)28-15-14-27(42(45)46)17-31(28)41/h3-9,11-12,14-18H,10,13,19H2,1-2H3. The Labute approximate surface area is 259 Å². The van der Waals surface area contributed by atoms with Gasteiger partial charge in [0.05, 0.1) is 21.7 Å². The fourth-order valence-electron chi connectivity index (χ4n) is 5.25. The molecule has 5 aromatic rings. The first-order valence-electron chi connectivity index (χ1n) is 14.0. The molecule has 46 heavy (non-hydrogen) atoms. The van der Waals surface area contributed by atoms with E-state index in [0.29, 0.717) is 28.1 Å². The average molecular weight is 636 g/mol. The summed E-state index contributed by atoms with van der Waals surface area (Å²) in [4.78, 5) is 38.1. The van der Waals surface area contributed by atoms with Gasteiger partial charge in [-0.05, 0) is 65.4 Å². The molecule has 236 valence electrons. The Bertz CT molecular complexity index is 2040. The number of nitrogens with zero attached hydrogens (tertiary/aromatic N) is 3. The summed E-state index contributed by atoms with van der Waals surface area (Å²) < 4.78 is 69.9. The highest BCUT2D eigenvalue weighted by Gasteiger charge is 2.30. The van der Waals surface area contributed by atoms with Gasteiger partial charge in [0.2, 0.25) is 5.91 Å². The molecule has 0 aliphatic rings. The van der Waals surface area contributed by atoms with Gasteiger partial charge < -0.3 is 9.47 Å². The monoisotopic (exact) mass is 635 g/mol. The smallest absolute Gasteiger partial charge is 0.342 e. The van der Waals surface area contributed by atoms with Gasteiger partial charge in [-0.3, -0.25) is 19.7 Å². The van der Waals surface area contributed by atoms with Crippen LogP contribution in [0.25, 0.3) is 27.7 Å². The molecular formula is C34H26F5N3O4. The Balaban J connectivity index is 1.78. The molecule has 0 bridgehead atoms. The number of aryl methyl sites for hydroxylation is 2. The number of fused-ring (bicyclic) bond motifs is 1. The van der Waals surface area contributed by atoms with E-state index < -0.39 is 33.7 Å². The van der Waals surface area contributed by atoms with Gasteiger partial charge in [0, 0.05) is 49.8 Å². The van der Waals surface area contributed by atoms with E-state index in [4.69, 9.17) is 0 Å².